The monoisotopic (exact) mass is 196 g/mol. The molecule has 2 saturated heterocycles. The fraction of sp³-hybridized carbons (Fsp3) is 0.909. The number of hydrogen-bond donors (Lipinski definition) is 1. The molecule has 0 aromatic carbocycles. The summed E-state index contributed by atoms with van der Waals surface area (Å²) in [6, 6.07) is 0.457. The van der Waals surface area contributed by atoms with Crippen molar-refractivity contribution >= 4 is 5.91 Å². The van der Waals surface area contributed by atoms with Crippen LogP contribution in [0.15, 0.2) is 0 Å². The zero-order chi connectivity index (χ0) is 10.2. The second-order valence-electron chi connectivity index (χ2n) is 5.16. The quantitative estimate of drug-likeness (QED) is 0.678. The molecular formula is C11H20N2O. The van der Waals surface area contributed by atoms with Gasteiger partial charge in [-0.3, -0.25) is 4.79 Å². The number of piperidine rings is 1. The van der Waals surface area contributed by atoms with Crippen LogP contribution in [0.5, 0.6) is 0 Å². The number of nitrogens with one attached hydrogen (secondary N) is 1. The molecule has 14 heavy (non-hydrogen) atoms. The Balaban J connectivity index is 2.11. The third-order valence-electron chi connectivity index (χ3n) is 3.56. The molecule has 0 radical (unpaired) electrons. The third-order valence-corrected chi connectivity index (χ3v) is 3.56. The van der Waals surface area contributed by atoms with Gasteiger partial charge in [-0.05, 0) is 24.8 Å². The molecule has 2 rings (SSSR count). The van der Waals surface area contributed by atoms with Crippen molar-refractivity contribution in [2.75, 3.05) is 19.6 Å². The molecule has 0 aliphatic carbocycles. The van der Waals surface area contributed by atoms with Gasteiger partial charge < -0.3 is 10.2 Å². The van der Waals surface area contributed by atoms with E-state index in [9.17, 15) is 4.79 Å². The minimum Gasteiger partial charge on any atom is -0.339 e. The van der Waals surface area contributed by atoms with Gasteiger partial charge in [0.15, 0.2) is 0 Å². The minimum absolute atomic E-state index is 0.234. The second kappa shape index (κ2) is 3.54. The Labute approximate surface area is 85.8 Å². The Bertz CT molecular complexity index is 237. The molecule has 2 aliphatic rings. The second-order valence-corrected chi connectivity index (χ2v) is 5.16. The van der Waals surface area contributed by atoms with Crippen LogP contribution < -0.4 is 5.32 Å². The van der Waals surface area contributed by atoms with Crippen LogP contribution in [0.25, 0.3) is 0 Å². The highest BCUT2D eigenvalue weighted by Gasteiger charge is 2.39. The molecule has 0 aromatic heterocycles. The Morgan fingerprint density at radius 1 is 1.50 bits per heavy atom. The van der Waals surface area contributed by atoms with E-state index in [-0.39, 0.29) is 5.41 Å². The highest BCUT2D eigenvalue weighted by atomic mass is 16.2. The van der Waals surface area contributed by atoms with Crippen LogP contribution in [0.2, 0.25) is 0 Å². The number of carbonyl (C=O) groups is 1. The Kier molecular flexibility index (Phi) is 2.52. The van der Waals surface area contributed by atoms with E-state index in [0.717, 1.165) is 38.9 Å². The molecule has 0 spiro atoms. The van der Waals surface area contributed by atoms with Gasteiger partial charge in [0.25, 0.3) is 0 Å². The van der Waals surface area contributed by atoms with Gasteiger partial charge in [0.05, 0.1) is 0 Å². The highest BCUT2D eigenvalue weighted by molar-refractivity contribution is 5.78. The van der Waals surface area contributed by atoms with Crippen LogP contribution in [0.1, 0.15) is 33.1 Å². The highest BCUT2D eigenvalue weighted by Crippen LogP contribution is 2.32. The number of hydrogen-bond acceptors (Lipinski definition) is 2. The summed E-state index contributed by atoms with van der Waals surface area (Å²) >= 11 is 0. The van der Waals surface area contributed by atoms with Crippen molar-refractivity contribution in [3.63, 3.8) is 0 Å². The zero-order valence-corrected chi connectivity index (χ0v) is 9.18. The lowest BCUT2D eigenvalue weighted by molar-refractivity contribution is -0.132. The lowest BCUT2D eigenvalue weighted by atomic mass is 9.79. The first kappa shape index (κ1) is 9.97. The molecule has 0 bridgehead atoms. The lowest BCUT2D eigenvalue weighted by Gasteiger charge is -2.44. The normalized spacial score (nSPS) is 32.3. The average Bonchev–Trinajstić information content (AvgIpc) is 2.51. The van der Waals surface area contributed by atoms with E-state index in [4.69, 9.17) is 0 Å². The predicted molar refractivity (Wildman–Crippen MR) is 56.0 cm³/mol. The summed E-state index contributed by atoms with van der Waals surface area (Å²) in [5.74, 6) is 0.366. The largest absolute Gasteiger partial charge is 0.339 e. The van der Waals surface area contributed by atoms with E-state index in [1.54, 1.807) is 0 Å². The molecule has 0 saturated carbocycles. The molecular weight excluding hydrogens is 176 g/mol. The van der Waals surface area contributed by atoms with E-state index in [1.807, 2.05) is 0 Å². The molecule has 2 heterocycles. The van der Waals surface area contributed by atoms with Gasteiger partial charge in [-0.15, -0.1) is 0 Å². The fourth-order valence-corrected chi connectivity index (χ4v) is 2.73. The standard InChI is InChI=1S/C11H20N2O/c1-11(2)8-12-6-5-9(11)13-7-3-4-10(13)14/h9,12H,3-8H2,1-2H3. The molecule has 1 N–H and O–H groups in total. The van der Waals surface area contributed by atoms with Crippen molar-refractivity contribution < 1.29 is 4.79 Å². The van der Waals surface area contributed by atoms with Crippen LogP contribution in [0.4, 0.5) is 0 Å². The maximum atomic E-state index is 11.7. The Morgan fingerprint density at radius 2 is 2.29 bits per heavy atom. The minimum atomic E-state index is 0.234. The average molecular weight is 196 g/mol. The van der Waals surface area contributed by atoms with Crippen LogP contribution in [-0.2, 0) is 4.79 Å². The molecule has 3 heteroatoms. The maximum Gasteiger partial charge on any atom is 0.222 e. The van der Waals surface area contributed by atoms with Gasteiger partial charge >= 0.3 is 0 Å². The molecule has 1 amide bonds. The van der Waals surface area contributed by atoms with Crippen LogP contribution in [0.3, 0.4) is 0 Å². The number of nitrogens with zero attached hydrogens (tertiary/aromatic N) is 1. The summed E-state index contributed by atoms with van der Waals surface area (Å²) in [5, 5.41) is 3.41. The first-order valence-electron chi connectivity index (χ1n) is 5.61. The smallest absolute Gasteiger partial charge is 0.222 e. The van der Waals surface area contributed by atoms with Gasteiger partial charge in [0, 0.05) is 25.6 Å². The molecule has 80 valence electrons. The molecule has 1 unspecified atom stereocenters. The summed E-state index contributed by atoms with van der Waals surface area (Å²) in [5.41, 5.74) is 0.234. The maximum absolute atomic E-state index is 11.7. The van der Waals surface area contributed by atoms with E-state index < -0.39 is 0 Å². The molecule has 3 nitrogen and oxygen atoms in total. The van der Waals surface area contributed by atoms with Gasteiger partial charge in [0.1, 0.15) is 0 Å². The first-order valence-corrected chi connectivity index (χ1v) is 5.61. The van der Waals surface area contributed by atoms with E-state index in [0.29, 0.717) is 11.9 Å². The summed E-state index contributed by atoms with van der Waals surface area (Å²) in [4.78, 5) is 13.8. The third kappa shape index (κ3) is 1.65. The van der Waals surface area contributed by atoms with Crippen molar-refractivity contribution in [2.45, 2.75) is 39.2 Å². The Hall–Kier alpha value is -0.570. The van der Waals surface area contributed by atoms with Gasteiger partial charge in [-0.2, -0.15) is 0 Å². The van der Waals surface area contributed by atoms with Crippen molar-refractivity contribution in [2.24, 2.45) is 5.41 Å². The summed E-state index contributed by atoms with van der Waals surface area (Å²) in [6.07, 6.45) is 2.93. The predicted octanol–water partition coefficient (Wildman–Crippen LogP) is 0.997. The van der Waals surface area contributed by atoms with Crippen molar-refractivity contribution in [1.82, 2.24) is 10.2 Å². The fourth-order valence-electron chi connectivity index (χ4n) is 2.73. The Morgan fingerprint density at radius 3 is 2.86 bits per heavy atom. The van der Waals surface area contributed by atoms with E-state index >= 15 is 0 Å². The number of amides is 1. The molecule has 1 atom stereocenters. The number of carbonyl (C=O) groups excluding carboxylic acids is 1. The van der Waals surface area contributed by atoms with Crippen LogP contribution in [-0.4, -0.2) is 36.5 Å². The van der Waals surface area contributed by atoms with Gasteiger partial charge in [0.2, 0.25) is 5.91 Å². The number of rotatable bonds is 1. The van der Waals surface area contributed by atoms with E-state index in [1.165, 1.54) is 0 Å². The topological polar surface area (TPSA) is 32.3 Å². The van der Waals surface area contributed by atoms with E-state index in [2.05, 4.69) is 24.1 Å². The summed E-state index contributed by atoms with van der Waals surface area (Å²) < 4.78 is 0. The summed E-state index contributed by atoms with van der Waals surface area (Å²) in [6.45, 7) is 7.58. The molecule has 2 fully saturated rings. The van der Waals surface area contributed by atoms with Crippen LogP contribution >= 0.6 is 0 Å². The SMILES string of the molecule is CC1(C)CNCCC1N1CCCC1=O. The first-order chi connectivity index (χ1) is 6.61. The van der Waals surface area contributed by atoms with Gasteiger partial charge in [-0.25, -0.2) is 0 Å². The number of likely N-dealkylation sites (tertiary alicyclic amines) is 1. The van der Waals surface area contributed by atoms with Crippen molar-refractivity contribution in [1.29, 1.82) is 0 Å². The van der Waals surface area contributed by atoms with Gasteiger partial charge in [-0.1, -0.05) is 13.8 Å². The van der Waals surface area contributed by atoms with Crippen LogP contribution in [0, 0.1) is 5.41 Å². The van der Waals surface area contributed by atoms with Crippen molar-refractivity contribution in [3.05, 3.63) is 0 Å². The zero-order valence-electron chi connectivity index (χ0n) is 9.18. The lowest BCUT2D eigenvalue weighted by Crippen LogP contribution is -2.54. The summed E-state index contributed by atoms with van der Waals surface area (Å²) in [7, 11) is 0. The molecule has 2 aliphatic heterocycles. The molecule has 0 aromatic rings. The van der Waals surface area contributed by atoms with Crippen molar-refractivity contribution in [3.8, 4) is 0 Å².